The summed E-state index contributed by atoms with van der Waals surface area (Å²) in [6.07, 6.45) is 3.15. The van der Waals surface area contributed by atoms with Gasteiger partial charge in [-0.3, -0.25) is 14.4 Å². The van der Waals surface area contributed by atoms with Gasteiger partial charge < -0.3 is 14.8 Å². The van der Waals surface area contributed by atoms with Gasteiger partial charge in [0.2, 0.25) is 0 Å². The third kappa shape index (κ3) is 4.57. The predicted molar refractivity (Wildman–Crippen MR) is 116 cm³/mol. The molecule has 31 heavy (non-hydrogen) atoms. The van der Waals surface area contributed by atoms with Crippen molar-refractivity contribution in [3.8, 4) is 5.75 Å². The molecule has 2 aliphatic rings. The van der Waals surface area contributed by atoms with Gasteiger partial charge in [0, 0.05) is 11.1 Å². The van der Waals surface area contributed by atoms with Crippen LogP contribution in [0.15, 0.2) is 29.4 Å². The van der Waals surface area contributed by atoms with Gasteiger partial charge in [0.1, 0.15) is 12.3 Å². The maximum absolute atomic E-state index is 12.3. The maximum Gasteiger partial charge on any atom is 0.325 e. The molecule has 3 rings (SSSR count). The minimum absolute atomic E-state index is 0.0102. The van der Waals surface area contributed by atoms with Crippen molar-refractivity contribution in [3.05, 3.63) is 29.8 Å². The average Bonchev–Trinajstić information content (AvgIpc) is 3.08. The first-order valence-corrected chi connectivity index (χ1v) is 10.7. The van der Waals surface area contributed by atoms with Crippen molar-refractivity contribution in [2.75, 3.05) is 19.8 Å². The van der Waals surface area contributed by atoms with E-state index in [4.69, 9.17) is 9.47 Å². The molecule has 2 unspecified atom stereocenters. The van der Waals surface area contributed by atoms with E-state index in [0.29, 0.717) is 23.8 Å². The van der Waals surface area contributed by atoms with E-state index < -0.39 is 24.4 Å². The summed E-state index contributed by atoms with van der Waals surface area (Å²) in [5.41, 5.74) is 4.00. The van der Waals surface area contributed by atoms with E-state index >= 15 is 0 Å². The lowest BCUT2D eigenvalue weighted by molar-refractivity contribution is -0.147. The van der Waals surface area contributed by atoms with Crippen molar-refractivity contribution >= 4 is 23.5 Å². The van der Waals surface area contributed by atoms with E-state index in [1.54, 1.807) is 24.3 Å². The number of carbonyl (C=O) groups excluding carboxylic acids is 3. The average molecular weight is 430 g/mol. The molecule has 0 spiro atoms. The van der Waals surface area contributed by atoms with Gasteiger partial charge in [0.05, 0.1) is 12.2 Å². The summed E-state index contributed by atoms with van der Waals surface area (Å²) >= 11 is 0. The van der Waals surface area contributed by atoms with Crippen LogP contribution in [0.4, 0.5) is 0 Å². The van der Waals surface area contributed by atoms with Crippen LogP contribution in [0.5, 0.6) is 5.75 Å². The highest BCUT2D eigenvalue weighted by Gasteiger charge is 2.60. The van der Waals surface area contributed by atoms with Gasteiger partial charge in [-0.25, -0.2) is 5.43 Å². The predicted octanol–water partition coefficient (Wildman–Crippen LogP) is 2.68. The molecule has 1 aromatic carbocycles. The van der Waals surface area contributed by atoms with Gasteiger partial charge in [-0.05, 0) is 49.7 Å². The fourth-order valence-corrected chi connectivity index (χ4v) is 4.64. The Morgan fingerprint density at radius 1 is 1.19 bits per heavy atom. The fourth-order valence-electron chi connectivity index (χ4n) is 4.64. The molecule has 1 aromatic rings. The number of benzene rings is 1. The number of hydrogen-bond acceptors (Lipinski definition) is 6. The van der Waals surface area contributed by atoms with Crippen molar-refractivity contribution in [1.29, 1.82) is 0 Å². The van der Waals surface area contributed by atoms with Crippen molar-refractivity contribution in [2.45, 2.75) is 47.0 Å². The standard InChI is InChI=1S/C23H31N3O5/c1-5-30-17-9-7-6-8-16(17)21(29)24-13-20(28)31-14-19(27)26-25-18-12-15-10-11-23(18,4)22(15,2)3/h6-9,15H,5,10-14H2,1-4H3,(H,24,29)(H,26,27)/b25-18+. The summed E-state index contributed by atoms with van der Waals surface area (Å²) < 4.78 is 10.4. The zero-order chi connectivity index (χ0) is 22.6. The van der Waals surface area contributed by atoms with Gasteiger partial charge in [-0.1, -0.05) is 32.9 Å². The molecule has 2 fully saturated rings. The molecule has 0 aliphatic heterocycles. The molecule has 2 bridgehead atoms. The van der Waals surface area contributed by atoms with Crippen LogP contribution in [0.1, 0.15) is 57.3 Å². The topological polar surface area (TPSA) is 106 Å². The second kappa shape index (κ2) is 9.08. The van der Waals surface area contributed by atoms with Crippen molar-refractivity contribution in [1.82, 2.24) is 10.7 Å². The fraction of sp³-hybridized carbons (Fsp3) is 0.565. The Morgan fingerprint density at radius 2 is 1.94 bits per heavy atom. The quantitative estimate of drug-likeness (QED) is 0.488. The molecule has 0 heterocycles. The van der Waals surface area contributed by atoms with Crippen LogP contribution >= 0.6 is 0 Å². The summed E-state index contributed by atoms with van der Waals surface area (Å²) in [4.78, 5) is 36.2. The van der Waals surface area contributed by atoms with Crippen LogP contribution < -0.4 is 15.5 Å². The number of fused-ring (bicyclic) bond motifs is 2. The number of esters is 1. The number of carbonyl (C=O) groups is 3. The molecule has 8 nitrogen and oxygen atoms in total. The van der Waals surface area contributed by atoms with Gasteiger partial charge in [-0.15, -0.1) is 0 Å². The van der Waals surface area contributed by atoms with E-state index in [2.05, 4.69) is 36.6 Å². The van der Waals surface area contributed by atoms with E-state index in [1.807, 2.05) is 6.92 Å². The number of nitrogens with zero attached hydrogens (tertiary/aromatic N) is 1. The lowest BCUT2D eigenvalue weighted by atomic mass is 9.70. The first kappa shape index (κ1) is 22.8. The summed E-state index contributed by atoms with van der Waals surface area (Å²) in [6.45, 7) is 8.16. The van der Waals surface area contributed by atoms with Crippen LogP contribution in [0, 0.1) is 16.7 Å². The summed E-state index contributed by atoms with van der Waals surface area (Å²) in [5, 5.41) is 6.81. The molecular weight excluding hydrogens is 398 g/mol. The number of nitrogens with one attached hydrogen (secondary N) is 2. The number of para-hydroxylation sites is 1. The number of hydrogen-bond donors (Lipinski definition) is 2. The van der Waals surface area contributed by atoms with Crippen molar-refractivity contribution < 1.29 is 23.9 Å². The van der Waals surface area contributed by atoms with Crippen LogP contribution in [0.3, 0.4) is 0 Å². The highest BCUT2D eigenvalue weighted by atomic mass is 16.5. The lowest BCUT2D eigenvalue weighted by Gasteiger charge is -2.34. The van der Waals surface area contributed by atoms with E-state index in [9.17, 15) is 14.4 Å². The number of rotatable bonds is 8. The molecule has 0 aromatic heterocycles. The molecule has 2 aliphatic carbocycles. The third-order valence-corrected chi connectivity index (χ3v) is 7.02. The number of hydrazone groups is 1. The van der Waals surface area contributed by atoms with Crippen LogP contribution in [-0.4, -0.2) is 43.3 Å². The summed E-state index contributed by atoms with van der Waals surface area (Å²) in [6, 6.07) is 6.76. The monoisotopic (exact) mass is 429 g/mol. The van der Waals surface area contributed by atoms with Crippen LogP contribution in [0.25, 0.3) is 0 Å². The molecule has 2 atom stereocenters. The number of ether oxygens (including phenoxy) is 2. The van der Waals surface area contributed by atoms with E-state index in [1.165, 1.54) is 6.42 Å². The highest BCUT2D eigenvalue weighted by Crippen LogP contribution is 2.63. The van der Waals surface area contributed by atoms with Crippen molar-refractivity contribution in [2.24, 2.45) is 21.8 Å². The van der Waals surface area contributed by atoms with E-state index in [-0.39, 0.29) is 17.4 Å². The van der Waals surface area contributed by atoms with Gasteiger partial charge >= 0.3 is 5.97 Å². The van der Waals surface area contributed by atoms with Gasteiger partial charge in [0.15, 0.2) is 6.61 Å². The van der Waals surface area contributed by atoms with Crippen LogP contribution in [-0.2, 0) is 14.3 Å². The Bertz CT molecular complexity index is 895. The number of amides is 2. The highest BCUT2D eigenvalue weighted by molar-refractivity contribution is 5.98. The molecule has 0 radical (unpaired) electrons. The minimum Gasteiger partial charge on any atom is -0.493 e. The zero-order valence-electron chi connectivity index (χ0n) is 18.6. The minimum atomic E-state index is -0.710. The SMILES string of the molecule is CCOc1ccccc1C(=O)NCC(=O)OCC(=O)N/N=C1\CC2CCC1(C)C2(C)C. The first-order valence-electron chi connectivity index (χ1n) is 10.7. The molecule has 2 N–H and O–H groups in total. The molecule has 0 saturated heterocycles. The van der Waals surface area contributed by atoms with Crippen molar-refractivity contribution in [3.63, 3.8) is 0 Å². The third-order valence-electron chi connectivity index (χ3n) is 7.02. The Kier molecular flexibility index (Phi) is 6.67. The maximum atomic E-state index is 12.3. The second-order valence-electron chi connectivity index (χ2n) is 8.86. The Labute approximate surface area is 182 Å². The molecule has 2 amide bonds. The largest absolute Gasteiger partial charge is 0.493 e. The zero-order valence-corrected chi connectivity index (χ0v) is 18.6. The van der Waals surface area contributed by atoms with E-state index in [0.717, 1.165) is 18.6 Å². The normalized spacial score (nSPS) is 24.6. The lowest BCUT2D eigenvalue weighted by Crippen LogP contribution is -2.35. The summed E-state index contributed by atoms with van der Waals surface area (Å²) in [7, 11) is 0. The Morgan fingerprint density at radius 3 is 2.58 bits per heavy atom. The summed E-state index contributed by atoms with van der Waals surface area (Å²) in [5.74, 6) is -0.644. The molecule has 168 valence electrons. The first-order chi connectivity index (χ1) is 14.7. The molecular formula is C23H31N3O5. The molecule has 2 saturated carbocycles. The Balaban J connectivity index is 1.43. The Hall–Kier alpha value is -2.90. The molecule has 8 heteroatoms. The second-order valence-corrected chi connectivity index (χ2v) is 8.86. The van der Waals surface area contributed by atoms with Gasteiger partial charge in [0.25, 0.3) is 11.8 Å². The van der Waals surface area contributed by atoms with Gasteiger partial charge in [-0.2, -0.15) is 5.10 Å². The smallest absolute Gasteiger partial charge is 0.325 e. The van der Waals surface area contributed by atoms with Crippen LogP contribution in [0.2, 0.25) is 0 Å².